The van der Waals surface area contributed by atoms with E-state index in [9.17, 15) is 0 Å². The average molecular weight is 469 g/mol. The van der Waals surface area contributed by atoms with Gasteiger partial charge in [0.05, 0.1) is 0 Å². The van der Waals surface area contributed by atoms with Gasteiger partial charge in [-0.1, -0.05) is 69.7 Å². The molecule has 0 bridgehead atoms. The van der Waals surface area contributed by atoms with Crippen molar-refractivity contribution in [1.29, 1.82) is 0 Å². The number of rotatable bonds is 9. The Bertz CT molecular complexity index is 890. The van der Waals surface area contributed by atoms with Crippen LogP contribution in [0.2, 0.25) is 0 Å². The van der Waals surface area contributed by atoms with Crippen molar-refractivity contribution in [1.82, 2.24) is 0 Å². The van der Waals surface area contributed by atoms with Gasteiger partial charge in [0.25, 0.3) is 0 Å². The number of methoxy groups -OCH3 is 1. The minimum absolute atomic E-state index is 0.107. The number of aryl methyl sites for hydroxylation is 1. The zero-order chi connectivity index (χ0) is 23.9. The van der Waals surface area contributed by atoms with Gasteiger partial charge in [0, 0.05) is 19.3 Å². The Balaban J connectivity index is 1.34. The van der Waals surface area contributed by atoms with Crippen LogP contribution in [-0.2, 0) is 11.2 Å². The van der Waals surface area contributed by atoms with E-state index in [4.69, 9.17) is 4.74 Å². The topological polar surface area (TPSA) is 9.23 Å². The first-order chi connectivity index (χ1) is 16.6. The fourth-order valence-corrected chi connectivity index (χ4v) is 6.41. The summed E-state index contributed by atoms with van der Waals surface area (Å²) in [5.74, 6) is 1.87. The highest BCUT2D eigenvalue weighted by atomic mass is 19.1. The molecule has 1 nitrogen and oxygen atoms in total. The Morgan fingerprint density at radius 1 is 0.765 bits per heavy atom. The van der Waals surface area contributed by atoms with Gasteiger partial charge in [-0.05, 0) is 91.0 Å². The van der Waals surface area contributed by atoms with Crippen LogP contribution in [0.15, 0.2) is 36.4 Å². The first-order valence-electron chi connectivity index (χ1n) is 13.6. The summed E-state index contributed by atoms with van der Waals surface area (Å²) in [5.41, 5.74) is 2.97. The zero-order valence-electron chi connectivity index (χ0n) is 21.1. The van der Waals surface area contributed by atoms with Crippen LogP contribution < -0.4 is 0 Å². The van der Waals surface area contributed by atoms with Gasteiger partial charge in [-0.15, -0.1) is 0 Å². The molecule has 34 heavy (non-hydrogen) atoms. The molecule has 2 aromatic rings. The fourth-order valence-electron chi connectivity index (χ4n) is 6.41. The van der Waals surface area contributed by atoms with Gasteiger partial charge in [-0.25, -0.2) is 8.78 Å². The minimum atomic E-state index is -0.313. The van der Waals surface area contributed by atoms with Gasteiger partial charge in [0.1, 0.15) is 11.6 Å². The van der Waals surface area contributed by atoms with Gasteiger partial charge in [-0.2, -0.15) is 0 Å². The lowest BCUT2D eigenvalue weighted by Crippen LogP contribution is -2.18. The molecule has 0 heterocycles. The molecule has 2 aromatic carbocycles. The van der Waals surface area contributed by atoms with Gasteiger partial charge in [0.2, 0.25) is 0 Å². The SMILES string of the molecule is CCCC1CCC(CCc2ccc(-c3cc(F)c(C4CCC(COC)CC4)cc3F)cc2)CC1. The van der Waals surface area contributed by atoms with Crippen LogP contribution >= 0.6 is 0 Å². The highest BCUT2D eigenvalue weighted by Crippen LogP contribution is 2.39. The van der Waals surface area contributed by atoms with Crippen molar-refractivity contribution in [2.24, 2.45) is 17.8 Å². The fraction of sp³-hybridized carbons (Fsp3) is 0.613. The first-order valence-corrected chi connectivity index (χ1v) is 13.6. The third kappa shape index (κ3) is 6.47. The second-order valence-corrected chi connectivity index (χ2v) is 10.9. The number of benzene rings is 2. The molecule has 0 N–H and O–H groups in total. The van der Waals surface area contributed by atoms with Crippen molar-refractivity contribution in [3.05, 3.63) is 59.2 Å². The van der Waals surface area contributed by atoms with E-state index in [1.165, 1.54) is 62.6 Å². The third-order valence-corrected chi connectivity index (χ3v) is 8.54. The van der Waals surface area contributed by atoms with E-state index in [1.807, 2.05) is 12.1 Å². The van der Waals surface area contributed by atoms with Gasteiger partial charge < -0.3 is 4.74 Å². The Labute approximate surface area is 205 Å². The molecule has 0 unspecified atom stereocenters. The normalized spacial score (nSPS) is 25.4. The van der Waals surface area contributed by atoms with E-state index in [0.717, 1.165) is 56.1 Å². The second-order valence-electron chi connectivity index (χ2n) is 10.9. The number of ether oxygens (including phenoxy) is 1. The van der Waals surface area contributed by atoms with Crippen molar-refractivity contribution < 1.29 is 13.5 Å². The molecule has 0 spiro atoms. The summed E-state index contributed by atoms with van der Waals surface area (Å²) in [6.45, 7) is 3.05. The molecule has 2 aliphatic carbocycles. The van der Waals surface area contributed by atoms with Crippen LogP contribution in [0.3, 0.4) is 0 Å². The van der Waals surface area contributed by atoms with Crippen molar-refractivity contribution >= 4 is 0 Å². The van der Waals surface area contributed by atoms with E-state index >= 15 is 8.78 Å². The molecule has 3 heteroatoms. The molecule has 0 radical (unpaired) electrons. The van der Waals surface area contributed by atoms with Gasteiger partial charge in [0.15, 0.2) is 0 Å². The summed E-state index contributed by atoms with van der Waals surface area (Å²) in [6.07, 6.45) is 14.4. The van der Waals surface area contributed by atoms with Crippen LogP contribution in [0, 0.1) is 29.4 Å². The quantitative estimate of drug-likeness (QED) is 0.356. The molecular weight excluding hydrogens is 426 g/mol. The molecule has 2 aliphatic rings. The lowest BCUT2D eigenvalue weighted by molar-refractivity contribution is 0.127. The van der Waals surface area contributed by atoms with Crippen LogP contribution in [0.4, 0.5) is 8.78 Å². The Morgan fingerprint density at radius 2 is 1.38 bits per heavy atom. The van der Waals surface area contributed by atoms with Crippen molar-refractivity contribution in [3.8, 4) is 11.1 Å². The van der Waals surface area contributed by atoms with E-state index in [2.05, 4.69) is 19.1 Å². The standard InChI is InChI=1S/C31H42F2O/c1-3-4-22-5-7-23(8-6-22)9-10-24-11-15-26(16-12-24)28-19-31(33)29(20-30(28)32)27-17-13-25(14-18-27)21-34-2/h11-12,15-16,19-20,22-23,25,27H,3-10,13-14,17-18,21H2,1-2H3. The molecule has 0 saturated heterocycles. The zero-order valence-corrected chi connectivity index (χ0v) is 21.1. The van der Waals surface area contributed by atoms with E-state index in [1.54, 1.807) is 7.11 Å². The first kappa shape index (κ1) is 25.4. The van der Waals surface area contributed by atoms with Crippen LogP contribution in [-0.4, -0.2) is 13.7 Å². The molecule has 0 aliphatic heterocycles. The van der Waals surface area contributed by atoms with Crippen molar-refractivity contribution in [2.45, 2.75) is 89.9 Å². The van der Waals surface area contributed by atoms with Crippen molar-refractivity contribution in [2.75, 3.05) is 13.7 Å². The lowest BCUT2D eigenvalue weighted by Gasteiger charge is -2.28. The maximum Gasteiger partial charge on any atom is 0.131 e. The third-order valence-electron chi connectivity index (χ3n) is 8.54. The monoisotopic (exact) mass is 468 g/mol. The molecule has 0 amide bonds. The Morgan fingerprint density at radius 3 is 2.00 bits per heavy atom. The molecule has 0 aromatic heterocycles. The minimum Gasteiger partial charge on any atom is -0.384 e. The molecule has 2 saturated carbocycles. The number of hydrogen-bond donors (Lipinski definition) is 0. The van der Waals surface area contributed by atoms with Crippen LogP contribution in [0.5, 0.6) is 0 Å². The van der Waals surface area contributed by atoms with Gasteiger partial charge >= 0.3 is 0 Å². The van der Waals surface area contributed by atoms with Gasteiger partial charge in [-0.3, -0.25) is 0 Å². The summed E-state index contributed by atoms with van der Waals surface area (Å²) in [7, 11) is 1.73. The number of halogens is 2. The molecule has 4 rings (SSSR count). The van der Waals surface area contributed by atoms with E-state index in [-0.39, 0.29) is 17.6 Å². The predicted molar refractivity (Wildman–Crippen MR) is 137 cm³/mol. The predicted octanol–water partition coefficient (Wildman–Crippen LogP) is 9.09. The van der Waals surface area contributed by atoms with E-state index < -0.39 is 0 Å². The lowest BCUT2D eigenvalue weighted by atomic mass is 9.78. The second kappa shape index (κ2) is 12.3. The van der Waals surface area contributed by atoms with Crippen LogP contribution in [0.25, 0.3) is 11.1 Å². The average Bonchev–Trinajstić information content (AvgIpc) is 2.86. The highest BCUT2D eigenvalue weighted by Gasteiger charge is 2.26. The van der Waals surface area contributed by atoms with E-state index in [0.29, 0.717) is 17.0 Å². The maximum atomic E-state index is 15.1. The maximum absolute atomic E-state index is 15.1. The Hall–Kier alpha value is -1.74. The Kier molecular flexibility index (Phi) is 9.17. The summed E-state index contributed by atoms with van der Waals surface area (Å²) >= 11 is 0. The molecular formula is C31H42F2O. The summed E-state index contributed by atoms with van der Waals surface area (Å²) in [6, 6.07) is 11.0. The number of hydrogen-bond acceptors (Lipinski definition) is 1. The van der Waals surface area contributed by atoms with Crippen LogP contribution in [0.1, 0.15) is 94.6 Å². The highest BCUT2D eigenvalue weighted by molar-refractivity contribution is 5.65. The molecule has 2 fully saturated rings. The summed E-state index contributed by atoms with van der Waals surface area (Å²) in [5, 5.41) is 0. The molecule has 0 atom stereocenters. The summed E-state index contributed by atoms with van der Waals surface area (Å²) < 4.78 is 35.4. The smallest absolute Gasteiger partial charge is 0.131 e. The molecule has 186 valence electrons. The summed E-state index contributed by atoms with van der Waals surface area (Å²) in [4.78, 5) is 0. The van der Waals surface area contributed by atoms with Crippen molar-refractivity contribution in [3.63, 3.8) is 0 Å². The largest absolute Gasteiger partial charge is 0.384 e.